The van der Waals surface area contributed by atoms with Crippen molar-refractivity contribution in [3.05, 3.63) is 69.8 Å². The number of nitrogens with zero attached hydrogens (tertiary/aromatic N) is 4. The molecular formula is C54H80Br2F6N4O8. The largest absolute Gasteiger partial charge is 0.444 e. The van der Waals surface area contributed by atoms with Gasteiger partial charge in [-0.1, -0.05) is 98.4 Å². The minimum atomic E-state index is -4.38. The van der Waals surface area contributed by atoms with Crippen LogP contribution < -0.4 is 0 Å². The van der Waals surface area contributed by atoms with E-state index in [1.807, 2.05) is 74.4 Å². The summed E-state index contributed by atoms with van der Waals surface area (Å²) in [6.07, 6.45) is -1.83. The number of ether oxygens (including phenoxy) is 2. The van der Waals surface area contributed by atoms with Crippen LogP contribution in [0.5, 0.6) is 0 Å². The van der Waals surface area contributed by atoms with Gasteiger partial charge in [-0.05, 0) is 131 Å². The summed E-state index contributed by atoms with van der Waals surface area (Å²) in [5.41, 5.74) is 0.176. The molecule has 0 spiro atoms. The average Bonchev–Trinajstić information content (AvgIpc) is 3.77. The Labute approximate surface area is 452 Å². The van der Waals surface area contributed by atoms with E-state index in [1.165, 1.54) is 37.1 Å². The van der Waals surface area contributed by atoms with Crippen LogP contribution in [-0.4, -0.2) is 118 Å². The van der Waals surface area contributed by atoms with Gasteiger partial charge in [0.15, 0.2) is 0 Å². The van der Waals surface area contributed by atoms with E-state index in [0.29, 0.717) is 88.6 Å². The van der Waals surface area contributed by atoms with Gasteiger partial charge in [-0.25, -0.2) is 9.59 Å². The van der Waals surface area contributed by atoms with Crippen molar-refractivity contribution >= 4 is 56.3 Å². The molecule has 0 N–H and O–H groups in total. The van der Waals surface area contributed by atoms with Gasteiger partial charge in [-0.2, -0.15) is 45.5 Å². The average molecular weight is 1190 g/mol. The fourth-order valence-corrected chi connectivity index (χ4v) is 9.73. The number of carbonyl (C=O) groups excluding carboxylic acids is 6. The first kappa shape index (κ1) is 68.2. The Morgan fingerprint density at radius 2 is 0.878 bits per heavy atom. The molecule has 0 atom stereocenters. The fourth-order valence-electron chi connectivity index (χ4n) is 8.94. The van der Waals surface area contributed by atoms with E-state index < -0.39 is 34.7 Å². The predicted octanol–water partition coefficient (Wildman–Crippen LogP) is 13.4. The Morgan fingerprint density at radius 1 is 0.541 bits per heavy atom. The van der Waals surface area contributed by atoms with Crippen LogP contribution in [0.15, 0.2) is 36.4 Å². The number of rotatable bonds is 9. The van der Waals surface area contributed by atoms with E-state index in [0.717, 1.165) is 41.9 Å². The molecule has 420 valence electrons. The number of alkyl halides is 8. The molecule has 2 amide bonds. The SMILES string of the molecule is BrCCCCBr.CC(C)(C)Cc1cc(CN2CCN(C(=O)OC(C)(C)C)CC2)cc(C(F)(F)F)c1.CC(C)(C)OC(=O)N1CCN(Cc2cc(C(F)(F)F)cc(C3(C(C)(C)C)CCCC3)c2)CC1.O=C=O.O=C=O. The van der Waals surface area contributed by atoms with Crippen LogP contribution in [-0.2, 0) is 65.9 Å². The third-order valence-corrected chi connectivity index (χ3v) is 13.4. The summed E-state index contributed by atoms with van der Waals surface area (Å²) in [5, 5.41) is 2.28. The summed E-state index contributed by atoms with van der Waals surface area (Å²) in [6, 6.07) is 9.07. The van der Waals surface area contributed by atoms with Crippen molar-refractivity contribution in [3.8, 4) is 0 Å². The molecule has 20 heteroatoms. The summed E-state index contributed by atoms with van der Waals surface area (Å²) in [7, 11) is 0. The van der Waals surface area contributed by atoms with Crippen LogP contribution in [0.1, 0.15) is 155 Å². The lowest BCUT2D eigenvalue weighted by Gasteiger charge is -2.43. The van der Waals surface area contributed by atoms with Gasteiger partial charge in [0.25, 0.3) is 0 Å². The quantitative estimate of drug-likeness (QED) is 0.136. The van der Waals surface area contributed by atoms with Gasteiger partial charge in [0.1, 0.15) is 11.2 Å². The summed E-state index contributed by atoms with van der Waals surface area (Å²) in [5.74, 6) is 0. The molecule has 2 saturated heterocycles. The van der Waals surface area contributed by atoms with Crippen LogP contribution in [0.2, 0.25) is 0 Å². The Balaban J connectivity index is 0.000000611. The van der Waals surface area contributed by atoms with Gasteiger partial charge >= 0.3 is 36.8 Å². The number of amides is 2. The van der Waals surface area contributed by atoms with E-state index in [-0.39, 0.29) is 40.7 Å². The zero-order chi connectivity index (χ0) is 56.9. The van der Waals surface area contributed by atoms with Gasteiger partial charge in [-0.15, -0.1) is 0 Å². The molecule has 12 nitrogen and oxygen atoms in total. The third kappa shape index (κ3) is 25.4. The van der Waals surface area contributed by atoms with Crippen LogP contribution >= 0.6 is 31.9 Å². The van der Waals surface area contributed by atoms with Crippen molar-refractivity contribution < 1.29 is 64.6 Å². The standard InChI is InChI=1S/C26H39F3N2O2.C22H33F3N2O2.C4H8Br2.2CO2/c1-23(2,3)25(9-7-8-10-25)20-15-19(16-21(17-20)26(27,28)29)18-30-11-13-31(14-12-30)22(32)33-24(4,5)6;1-20(2,3)14-16-11-17(13-18(12-16)22(23,24)25)15-26-7-9-27(10-8-26)19(28)29-21(4,5)6;5-3-1-2-4-6;2*2-1-3/h15-17H,7-14,18H2,1-6H3;11-13H,7-10,14-15H2,1-6H3;1-4H2;;. The normalized spacial score (nSPS) is 16.5. The lowest BCUT2D eigenvalue weighted by atomic mass is 9.61. The van der Waals surface area contributed by atoms with Gasteiger partial charge in [0.05, 0.1) is 11.1 Å². The third-order valence-electron chi connectivity index (χ3n) is 12.3. The van der Waals surface area contributed by atoms with Crippen LogP contribution in [0.25, 0.3) is 0 Å². The van der Waals surface area contributed by atoms with Crippen molar-refractivity contribution in [2.24, 2.45) is 10.8 Å². The molecule has 2 aliphatic heterocycles. The molecule has 3 fully saturated rings. The lowest BCUT2D eigenvalue weighted by Crippen LogP contribution is -2.49. The maximum absolute atomic E-state index is 13.8. The van der Waals surface area contributed by atoms with Crippen LogP contribution in [0.4, 0.5) is 35.9 Å². The van der Waals surface area contributed by atoms with Crippen molar-refractivity contribution in [1.29, 1.82) is 0 Å². The number of piperazine rings is 2. The van der Waals surface area contributed by atoms with E-state index >= 15 is 0 Å². The van der Waals surface area contributed by atoms with Gasteiger partial charge in [-0.3, -0.25) is 9.80 Å². The maximum Gasteiger partial charge on any atom is 0.416 e. The molecule has 2 heterocycles. The molecule has 5 rings (SSSR count). The number of benzene rings is 2. The molecule has 1 aliphatic carbocycles. The molecule has 1 saturated carbocycles. The molecular weight excluding hydrogens is 1110 g/mol. The topological polar surface area (TPSA) is 134 Å². The number of hydrogen-bond donors (Lipinski definition) is 0. The second-order valence-electron chi connectivity index (χ2n) is 23.0. The van der Waals surface area contributed by atoms with E-state index in [1.54, 1.807) is 9.80 Å². The monoisotopic (exact) mass is 1180 g/mol. The number of halogens is 8. The Bertz CT molecular complexity index is 2080. The minimum Gasteiger partial charge on any atom is -0.444 e. The second-order valence-corrected chi connectivity index (χ2v) is 24.6. The Morgan fingerprint density at radius 3 is 1.19 bits per heavy atom. The number of carbonyl (C=O) groups is 2. The minimum absolute atomic E-state index is 0.0967. The summed E-state index contributed by atoms with van der Waals surface area (Å²) in [6.45, 7) is 28.8. The highest BCUT2D eigenvalue weighted by atomic mass is 79.9. The van der Waals surface area contributed by atoms with E-state index in [2.05, 4.69) is 62.4 Å². The molecule has 74 heavy (non-hydrogen) atoms. The first-order valence-corrected chi connectivity index (χ1v) is 27.1. The summed E-state index contributed by atoms with van der Waals surface area (Å²) in [4.78, 5) is 64.5. The van der Waals surface area contributed by atoms with E-state index in [4.69, 9.17) is 28.7 Å². The Kier molecular flexibility index (Phi) is 27.9. The maximum atomic E-state index is 13.8. The zero-order valence-corrected chi connectivity index (χ0v) is 48.6. The number of hydrogen-bond acceptors (Lipinski definition) is 10. The van der Waals surface area contributed by atoms with Crippen LogP contribution in [0, 0.1) is 10.8 Å². The summed E-state index contributed by atoms with van der Waals surface area (Å²) < 4.78 is 92.4. The van der Waals surface area contributed by atoms with Gasteiger partial charge in [0, 0.05) is 81.5 Å². The first-order chi connectivity index (χ1) is 34.0. The van der Waals surface area contributed by atoms with Crippen LogP contribution in [0.3, 0.4) is 0 Å². The van der Waals surface area contributed by atoms with Gasteiger partial charge in [0.2, 0.25) is 0 Å². The fraction of sp³-hybridized carbons (Fsp3) is 0.704. The molecule has 0 radical (unpaired) electrons. The van der Waals surface area contributed by atoms with Gasteiger partial charge < -0.3 is 19.3 Å². The first-order valence-electron chi connectivity index (χ1n) is 24.9. The molecule has 0 aromatic heterocycles. The summed E-state index contributed by atoms with van der Waals surface area (Å²) >= 11 is 6.66. The van der Waals surface area contributed by atoms with Crippen molar-refractivity contribution in [3.63, 3.8) is 0 Å². The van der Waals surface area contributed by atoms with Crippen molar-refractivity contribution in [2.75, 3.05) is 63.0 Å². The lowest BCUT2D eigenvalue weighted by molar-refractivity contribution is -0.193. The Hall–Kier alpha value is -3.80. The van der Waals surface area contributed by atoms with Crippen molar-refractivity contribution in [1.82, 2.24) is 19.6 Å². The molecule has 3 aliphatic rings. The highest BCUT2D eigenvalue weighted by Crippen LogP contribution is 2.53. The smallest absolute Gasteiger partial charge is 0.416 e. The highest BCUT2D eigenvalue weighted by molar-refractivity contribution is 9.09. The molecule has 0 unspecified atom stereocenters. The molecule has 2 aromatic rings. The second kappa shape index (κ2) is 30.2. The molecule has 0 bridgehead atoms. The molecule has 2 aromatic carbocycles. The van der Waals surface area contributed by atoms with Crippen molar-refractivity contribution in [2.45, 2.75) is 170 Å². The number of unbranched alkanes of at least 4 members (excludes halogenated alkanes) is 1. The highest BCUT2D eigenvalue weighted by Gasteiger charge is 2.46. The predicted molar refractivity (Wildman–Crippen MR) is 279 cm³/mol. The van der Waals surface area contributed by atoms with E-state index in [9.17, 15) is 35.9 Å². The zero-order valence-electron chi connectivity index (χ0n) is 45.5.